The van der Waals surface area contributed by atoms with Crippen molar-refractivity contribution in [3.8, 4) is 17.7 Å². The van der Waals surface area contributed by atoms with Crippen LogP contribution in [0.2, 0.25) is 0 Å². The normalized spacial score (nSPS) is 17.0. The minimum atomic E-state index is -0.0781. The molecule has 9 nitrogen and oxygen atoms in total. The standard InChI is InChI=1S/C25H25N5O4/c26-17-20-25(34-22(27-20)21-7-4-16-33-21)30-10-8-19(9-11-30)24(32)29-14-12-28(13-15-29)23(31)18-5-2-1-3-6-18/h1-7,16,19H,8-15H2. The van der Waals surface area contributed by atoms with Crippen LogP contribution < -0.4 is 4.90 Å². The van der Waals surface area contributed by atoms with Gasteiger partial charge in [-0.2, -0.15) is 10.2 Å². The Balaban J connectivity index is 1.16. The number of carbonyl (C=O) groups is 2. The average molecular weight is 460 g/mol. The van der Waals surface area contributed by atoms with E-state index in [1.165, 1.54) is 6.26 Å². The van der Waals surface area contributed by atoms with Crippen LogP contribution in [0.5, 0.6) is 0 Å². The van der Waals surface area contributed by atoms with Gasteiger partial charge in [0.2, 0.25) is 17.5 Å². The lowest BCUT2D eigenvalue weighted by Crippen LogP contribution is -2.53. The van der Waals surface area contributed by atoms with E-state index in [4.69, 9.17) is 8.83 Å². The number of hydrogen-bond donors (Lipinski definition) is 0. The number of piperidine rings is 1. The number of hydrogen-bond acceptors (Lipinski definition) is 7. The molecule has 34 heavy (non-hydrogen) atoms. The number of anilines is 1. The third-order valence-electron chi connectivity index (χ3n) is 6.48. The number of benzene rings is 1. The van der Waals surface area contributed by atoms with Crippen molar-refractivity contribution in [2.75, 3.05) is 44.2 Å². The molecule has 0 atom stereocenters. The topological polar surface area (TPSA) is 107 Å². The fraction of sp³-hybridized carbons (Fsp3) is 0.360. The molecule has 174 valence electrons. The molecule has 2 aromatic heterocycles. The minimum Gasteiger partial charge on any atom is -0.459 e. The van der Waals surface area contributed by atoms with Gasteiger partial charge in [-0.05, 0) is 37.1 Å². The van der Waals surface area contributed by atoms with Crippen molar-refractivity contribution < 1.29 is 18.4 Å². The van der Waals surface area contributed by atoms with E-state index in [0.717, 1.165) is 0 Å². The van der Waals surface area contributed by atoms with Gasteiger partial charge in [-0.15, -0.1) is 0 Å². The summed E-state index contributed by atoms with van der Waals surface area (Å²) in [5.74, 6) is 1.24. The number of furan rings is 1. The molecule has 2 aliphatic rings. The second-order valence-corrected chi connectivity index (χ2v) is 8.51. The Bertz CT molecular complexity index is 1180. The van der Waals surface area contributed by atoms with Gasteiger partial charge in [-0.25, -0.2) is 0 Å². The molecule has 3 aromatic rings. The molecule has 2 saturated heterocycles. The Morgan fingerprint density at radius 1 is 0.941 bits per heavy atom. The molecule has 0 radical (unpaired) electrons. The number of amides is 2. The van der Waals surface area contributed by atoms with E-state index in [0.29, 0.717) is 69.3 Å². The Morgan fingerprint density at radius 3 is 2.29 bits per heavy atom. The highest BCUT2D eigenvalue weighted by Crippen LogP contribution is 2.31. The number of rotatable bonds is 4. The third-order valence-corrected chi connectivity index (χ3v) is 6.48. The fourth-order valence-corrected chi connectivity index (χ4v) is 4.59. The van der Waals surface area contributed by atoms with E-state index in [2.05, 4.69) is 11.1 Å². The van der Waals surface area contributed by atoms with Gasteiger partial charge in [0.25, 0.3) is 11.8 Å². The van der Waals surface area contributed by atoms with Crippen LogP contribution in [-0.2, 0) is 4.79 Å². The van der Waals surface area contributed by atoms with E-state index in [1.807, 2.05) is 45.0 Å². The molecule has 0 N–H and O–H groups in total. The van der Waals surface area contributed by atoms with Crippen molar-refractivity contribution in [3.05, 3.63) is 60.0 Å². The predicted octanol–water partition coefficient (Wildman–Crippen LogP) is 3.01. The summed E-state index contributed by atoms with van der Waals surface area (Å²) in [6.45, 7) is 3.37. The van der Waals surface area contributed by atoms with Gasteiger partial charge in [0.05, 0.1) is 6.26 Å². The van der Waals surface area contributed by atoms with E-state index in [1.54, 1.807) is 12.1 Å². The maximum Gasteiger partial charge on any atom is 0.266 e. The van der Waals surface area contributed by atoms with Gasteiger partial charge in [0, 0.05) is 50.7 Å². The van der Waals surface area contributed by atoms with Gasteiger partial charge < -0.3 is 23.5 Å². The van der Waals surface area contributed by atoms with Gasteiger partial charge >= 0.3 is 0 Å². The van der Waals surface area contributed by atoms with Gasteiger partial charge in [-0.3, -0.25) is 9.59 Å². The summed E-state index contributed by atoms with van der Waals surface area (Å²) < 4.78 is 11.2. The second kappa shape index (κ2) is 9.43. The molecule has 0 unspecified atom stereocenters. The minimum absolute atomic E-state index is 0.00952. The molecule has 0 spiro atoms. The van der Waals surface area contributed by atoms with Crippen LogP contribution in [-0.4, -0.2) is 65.9 Å². The van der Waals surface area contributed by atoms with Crippen molar-refractivity contribution >= 4 is 17.7 Å². The summed E-state index contributed by atoms with van der Waals surface area (Å²) in [5.41, 5.74) is 0.893. The molecule has 1 aromatic carbocycles. The molecular formula is C25H25N5O4. The summed E-state index contributed by atoms with van der Waals surface area (Å²) in [6.07, 6.45) is 2.87. The Kier molecular flexibility index (Phi) is 6.04. The molecule has 0 saturated carbocycles. The lowest BCUT2D eigenvalue weighted by Gasteiger charge is -2.38. The zero-order valence-corrected chi connectivity index (χ0v) is 18.7. The number of aromatic nitrogens is 1. The number of piperazine rings is 1. The van der Waals surface area contributed by atoms with E-state index in [-0.39, 0.29) is 29.3 Å². The predicted molar refractivity (Wildman–Crippen MR) is 123 cm³/mol. The van der Waals surface area contributed by atoms with Crippen molar-refractivity contribution in [1.82, 2.24) is 14.8 Å². The van der Waals surface area contributed by atoms with Crippen LogP contribution in [0.3, 0.4) is 0 Å². The van der Waals surface area contributed by atoms with Crippen molar-refractivity contribution in [2.45, 2.75) is 12.8 Å². The monoisotopic (exact) mass is 459 g/mol. The Morgan fingerprint density at radius 2 is 1.65 bits per heavy atom. The van der Waals surface area contributed by atoms with Gasteiger partial charge in [0.1, 0.15) is 6.07 Å². The maximum atomic E-state index is 13.1. The highest BCUT2D eigenvalue weighted by molar-refractivity contribution is 5.94. The Hall–Kier alpha value is -4.06. The smallest absolute Gasteiger partial charge is 0.266 e. The highest BCUT2D eigenvalue weighted by Gasteiger charge is 2.33. The first-order valence-electron chi connectivity index (χ1n) is 11.5. The summed E-state index contributed by atoms with van der Waals surface area (Å²) in [7, 11) is 0. The molecule has 9 heteroatoms. The largest absolute Gasteiger partial charge is 0.459 e. The Labute approximate surface area is 197 Å². The van der Waals surface area contributed by atoms with Crippen LogP contribution in [0, 0.1) is 17.2 Å². The first kappa shape index (κ1) is 21.8. The molecular weight excluding hydrogens is 434 g/mol. The lowest BCUT2D eigenvalue weighted by atomic mass is 9.95. The van der Waals surface area contributed by atoms with Gasteiger partial charge in [-0.1, -0.05) is 18.2 Å². The van der Waals surface area contributed by atoms with E-state index >= 15 is 0 Å². The SMILES string of the molecule is N#Cc1nc(-c2ccco2)oc1N1CCC(C(=O)N2CCN(C(=O)c3ccccc3)CC2)CC1. The first-order valence-corrected chi connectivity index (χ1v) is 11.5. The summed E-state index contributed by atoms with van der Waals surface area (Å²) in [5, 5.41) is 9.49. The van der Waals surface area contributed by atoms with Crippen molar-refractivity contribution in [3.63, 3.8) is 0 Å². The van der Waals surface area contributed by atoms with Crippen LogP contribution in [0.1, 0.15) is 28.9 Å². The van der Waals surface area contributed by atoms with E-state index < -0.39 is 0 Å². The summed E-state index contributed by atoms with van der Waals surface area (Å²) in [4.78, 5) is 35.7. The third kappa shape index (κ3) is 4.27. The fourth-order valence-electron chi connectivity index (χ4n) is 4.59. The second-order valence-electron chi connectivity index (χ2n) is 8.51. The molecule has 4 heterocycles. The summed E-state index contributed by atoms with van der Waals surface area (Å²) in [6, 6.07) is 14.8. The van der Waals surface area contributed by atoms with Gasteiger partial charge in [0.15, 0.2) is 5.76 Å². The molecule has 2 aliphatic heterocycles. The van der Waals surface area contributed by atoms with Crippen LogP contribution in [0.4, 0.5) is 5.88 Å². The average Bonchev–Trinajstić information content (AvgIpc) is 3.59. The van der Waals surface area contributed by atoms with Crippen LogP contribution in [0.15, 0.2) is 57.6 Å². The number of nitrogens with zero attached hydrogens (tertiary/aromatic N) is 5. The molecule has 0 aliphatic carbocycles. The van der Waals surface area contributed by atoms with Crippen molar-refractivity contribution in [2.24, 2.45) is 5.92 Å². The first-order chi connectivity index (χ1) is 16.6. The zero-order chi connectivity index (χ0) is 23.5. The van der Waals surface area contributed by atoms with Crippen LogP contribution >= 0.6 is 0 Å². The summed E-state index contributed by atoms with van der Waals surface area (Å²) >= 11 is 0. The number of carbonyl (C=O) groups excluding carboxylic acids is 2. The zero-order valence-electron chi connectivity index (χ0n) is 18.7. The molecule has 2 amide bonds. The number of oxazole rings is 1. The van der Waals surface area contributed by atoms with E-state index in [9.17, 15) is 14.9 Å². The van der Waals surface area contributed by atoms with Crippen LogP contribution in [0.25, 0.3) is 11.7 Å². The quantitative estimate of drug-likeness (QED) is 0.590. The molecule has 0 bridgehead atoms. The lowest BCUT2D eigenvalue weighted by molar-refractivity contribution is -0.137. The highest BCUT2D eigenvalue weighted by atomic mass is 16.4. The maximum absolute atomic E-state index is 13.1. The number of nitriles is 1. The molecule has 2 fully saturated rings. The van der Waals surface area contributed by atoms with Crippen molar-refractivity contribution in [1.29, 1.82) is 5.26 Å². The molecule has 5 rings (SSSR count).